The summed E-state index contributed by atoms with van der Waals surface area (Å²) in [6.45, 7) is 0.749. The van der Waals surface area contributed by atoms with Gasteiger partial charge in [0.2, 0.25) is 0 Å². The number of carbonyl (C=O) groups excluding carboxylic acids is 1. The third-order valence-electron chi connectivity index (χ3n) is 3.40. The van der Waals surface area contributed by atoms with E-state index in [1.165, 1.54) is 19.1 Å². The fraction of sp³-hybridized carbons (Fsp3) is 0.583. The van der Waals surface area contributed by atoms with E-state index in [9.17, 15) is 4.79 Å². The van der Waals surface area contributed by atoms with Crippen LogP contribution in [0.5, 0.6) is 0 Å². The van der Waals surface area contributed by atoms with Gasteiger partial charge in [-0.1, -0.05) is 0 Å². The predicted octanol–water partition coefficient (Wildman–Crippen LogP) is 2.34. The van der Waals surface area contributed by atoms with Crippen LogP contribution in [0.25, 0.3) is 0 Å². The van der Waals surface area contributed by atoms with E-state index in [1.54, 1.807) is 6.07 Å². The minimum absolute atomic E-state index is 0.0909. The molecule has 1 aromatic rings. The molecule has 17 heavy (non-hydrogen) atoms. The number of ether oxygens (including phenoxy) is 1. The lowest BCUT2D eigenvalue weighted by Gasteiger charge is -2.19. The first-order valence-corrected chi connectivity index (χ1v) is 6.70. The molecule has 0 aromatic carbocycles. The van der Waals surface area contributed by atoms with Crippen LogP contribution >= 0.6 is 15.9 Å². The number of halogens is 1. The second-order valence-electron chi connectivity index (χ2n) is 4.65. The standard InChI is InChI=1S/C12H14BrNO3/c13-11-8(3-5-17-11)12(15)14-9-4-6-16-10(9)7-1-2-7/h3,5,7,9-10H,1-2,4,6H2,(H,14,15). The van der Waals surface area contributed by atoms with Gasteiger partial charge in [0.25, 0.3) is 5.91 Å². The van der Waals surface area contributed by atoms with Crippen LogP contribution in [0.2, 0.25) is 0 Å². The number of carbonyl (C=O) groups is 1. The SMILES string of the molecule is O=C(NC1CCOC1C1CC1)c1ccoc1Br. The van der Waals surface area contributed by atoms with Gasteiger partial charge in [0.1, 0.15) is 0 Å². The molecule has 1 aromatic heterocycles. The molecular weight excluding hydrogens is 286 g/mol. The van der Waals surface area contributed by atoms with Crippen molar-refractivity contribution in [3.63, 3.8) is 0 Å². The minimum Gasteiger partial charge on any atom is -0.457 e. The average Bonchev–Trinajstić information content (AvgIpc) is 2.89. The Labute approximate surface area is 108 Å². The molecule has 3 rings (SSSR count). The van der Waals surface area contributed by atoms with Crippen LogP contribution in [-0.2, 0) is 4.74 Å². The number of amides is 1. The number of hydrogen-bond acceptors (Lipinski definition) is 3. The molecule has 2 unspecified atom stereocenters. The quantitative estimate of drug-likeness (QED) is 0.932. The van der Waals surface area contributed by atoms with Crippen molar-refractivity contribution in [2.45, 2.75) is 31.4 Å². The first kappa shape index (κ1) is 11.3. The lowest BCUT2D eigenvalue weighted by molar-refractivity contribution is 0.0729. The Morgan fingerprint density at radius 2 is 2.24 bits per heavy atom. The van der Waals surface area contributed by atoms with Crippen molar-refractivity contribution in [1.29, 1.82) is 0 Å². The predicted molar refractivity (Wildman–Crippen MR) is 64.7 cm³/mol. The van der Waals surface area contributed by atoms with Crippen LogP contribution in [0.4, 0.5) is 0 Å². The van der Waals surface area contributed by atoms with Gasteiger partial charge in [-0.2, -0.15) is 0 Å². The second-order valence-corrected chi connectivity index (χ2v) is 5.37. The summed E-state index contributed by atoms with van der Waals surface area (Å²) in [4.78, 5) is 12.0. The molecule has 92 valence electrons. The highest BCUT2D eigenvalue weighted by molar-refractivity contribution is 9.10. The molecule has 1 aliphatic heterocycles. The minimum atomic E-state index is -0.0909. The van der Waals surface area contributed by atoms with Crippen molar-refractivity contribution in [2.75, 3.05) is 6.61 Å². The number of rotatable bonds is 3. The zero-order chi connectivity index (χ0) is 11.8. The van der Waals surface area contributed by atoms with Gasteiger partial charge in [0.15, 0.2) is 4.67 Å². The van der Waals surface area contributed by atoms with Crippen molar-refractivity contribution < 1.29 is 13.9 Å². The highest BCUT2D eigenvalue weighted by Gasteiger charge is 2.41. The van der Waals surface area contributed by atoms with Gasteiger partial charge < -0.3 is 14.5 Å². The van der Waals surface area contributed by atoms with Crippen molar-refractivity contribution in [1.82, 2.24) is 5.32 Å². The largest absolute Gasteiger partial charge is 0.457 e. The molecule has 1 aliphatic carbocycles. The van der Waals surface area contributed by atoms with E-state index in [0.29, 0.717) is 16.2 Å². The summed E-state index contributed by atoms with van der Waals surface area (Å²) in [5.41, 5.74) is 0.548. The van der Waals surface area contributed by atoms with Crippen molar-refractivity contribution in [3.8, 4) is 0 Å². The Hall–Kier alpha value is -0.810. The fourth-order valence-electron chi connectivity index (χ4n) is 2.36. The van der Waals surface area contributed by atoms with E-state index in [2.05, 4.69) is 21.2 Å². The third kappa shape index (κ3) is 2.26. The monoisotopic (exact) mass is 299 g/mol. The highest BCUT2D eigenvalue weighted by atomic mass is 79.9. The zero-order valence-corrected chi connectivity index (χ0v) is 10.9. The molecule has 5 heteroatoms. The Bertz CT molecular complexity index is 427. The van der Waals surface area contributed by atoms with Crippen LogP contribution in [0.3, 0.4) is 0 Å². The molecule has 1 saturated heterocycles. The van der Waals surface area contributed by atoms with Gasteiger partial charge in [0, 0.05) is 6.61 Å². The fourth-order valence-corrected chi connectivity index (χ4v) is 2.78. The van der Waals surface area contributed by atoms with Gasteiger partial charge >= 0.3 is 0 Å². The molecule has 1 amide bonds. The van der Waals surface area contributed by atoms with Crippen LogP contribution < -0.4 is 5.32 Å². The molecular formula is C12H14BrNO3. The summed E-state index contributed by atoms with van der Waals surface area (Å²) in [5, 5.41) is 3.04. The maximum Gasteiger partial charge on any atom is 0.256 e. The molecule has 2 atom stereocenters. The number of hydrogen-bond donors (Lipinski definition) is 1. The zero-order valence-electron chi connectivity index (χ0n) is 9.32. The van der Waals surface area contributed by atoms with Crippen LogP contribution in [0.1, 0.15) is 29.6 Å². The molecule has 4 nitrogen and oxygen atoms in total. The summed E-state index contributed by atoms with van der Waals surface area (Å²) in [7, 11) is 0. The smallest absolute Gasteiger partial charge is 0.256 e. The van der Waals surface area contributed by atoms with Crippen LogP contribution in [0.15, 0.2) is 21.4 Å². The van der Waals surface area contributed by atoms with Gasteiger partial charge in [-0.05, 0) is 47.2 Å². The number of furan rings is 1. The maximum atomic E-state index is 12.0. The second kappa shape index (κ2) is 4.46. The van der Waals surface area contributed by atoms with E-state index < -0.39 is 0 Å². The van der Waals surface area contributed by atoms with Crippen molar-refractivity contribution in [3.05, 3.63) is 22.6 Å². The van der Waals surface area contributed by atoms with Gasteiger partial charge in [0.05, 0.1) is 24.0 Å². The summed E-state index contributed by atoms with van der Waals surface area (Å²) in [5.74, 6) is 0.558. The Morgan fingerprint density at radius 3 is 2.88 bits per heavy atom. The van der Waals surface area contributed by atoms with E-state index in [4.69, 9.17) is 9.15 Å². The molecule has 1 N–H and O–H groups in total. The Morgan fingerprint density at radius 1 is 1.41 bits per heavy atom. The van der Waals surface area contributed by atoms with E-state index in [-0.39, 0.29) is 18.1 Å². The third-order valence-corrected chi connectivity index (χ3v) is 4.02. The lowest BCUT2D eigenvalue weighted by Crippen LogP contribution is -2.41. The molecule has 1 saturated carbocycles. The van der Waals surface area contributed by atoms with Crippen molar-refractivity contribution in [2.24, 2.45) is 5.92 Å². The average molecular weight is 300 g/mol. The molecule has 2 heterocycles. The molecule has 0 radical (unpaired) electrons. The summed E-state index contributed by atoms with van der Waals surface area (Å²) >= 11 is 3.21. The van der Waals surface area contributed by atoms with Crippen LogP contribution in [-0.4, -0.2) is 24.7 Å². The van der Waals surface area contributed by atoms with Crippen LogP contribution in [0, 0.1) is 5.92 Å². The van der Waals surface area contributed by atoms with E-state index in [1.807, 2.05) is 0 Å². The molecule has 0 spiro atoms. The Kier molecular flexibility index (Phi) is 2.96. The van der Waals surface area contributed by atoms with Crippen molar-refractivity contribution >= 4 is 21.8 Å². The lowest BCUT2D eigenvalue weighted by atomic mass is 10.1. The normalized spacial score (nSPS) is 28.3. The molecule has 2 fully saturated rings. The summed E-state index contributed by atoms with van der Waals surface area (Å²) in [6.07, 6.45) is 5.08. The van der Waals surface area contributed by atoms with E-state index in [0.717, 1.165) is 13.0 Å². The molecule has 2 aliphatic rings. The van der Waals surface area contributed by atoms with Gasteiger partial charge in [-0.15, -0.1) is 0 Å². The molecule has 0 bridgehead atoms. The number of nitrogens with one attached hydrogen (secondary N) is 1. The first-order chi connectivity index (χ1) is 8.25. The summed E-state index contributed by atoms with van der Waals surface area (Å²) < 4.78 is 11.2. The Balaban J connectivity index is 1.66. The highest BCUT2D eigenvalue weighted by Crippen LogP contribution is 2.38. The van der Waals surface area contributed by atoms with Gasteiger partial charge in [-0.3, -0.25) is 4.79 Å². The van der Waals surface area contributed by atoms with Gasteiger partial charge in [-0.25, -0.2) is 0 Å². The summed E-state index contributed by atoms with van der Waals surface area (Å²) in [6, 6.07) is 1.82. The topological polar surface area (TPSA) is 51.5 Å². The maximum absolute atomic E-state index is 12.0. The first-order valence-electron chi connectivity index (χ1n) is 5.91. The van der Waals surface area contributed by atoms with E-state index >= 15 is 0 Å².